The Morgan fingerprint density at radius 3 is 2.84 bits per heavy atom. The molecule has 1 aromatic carbocycles. The smallest absolute Gasteiger partial charge is 0.322 e. The molecule has 0 radical (unpaired) electrons. The Bertz CT molecular complexity index is 747. The van der Waals surface area contributed by atoms with Crippen LogP contribution in [0.5, 0.6) is 5.75 Å². The summed E-state index contributed by atoms with van der Waals surface area (Å²) >= 11 is 0. The Hall–Kier alpha value is -1.71. The van der Waals surface area contributed by atoms with Gasteiger partial charge in [-0.2, -0.15) is 4.31 Å². The van der Waals surface area contributed by atoms with E-state index in [0.717, 1.165) is 16.8 Å². The largest absolute Gasteiger partial charge is 0.490 e. The minimum Gasteiger partial charge on any atom is -0.490 e. The van der Waals surface area contributed by atoms with E-state index in [1.165, 1.54) is 12.1 Å². The molecule has 2 saturated heterocycles. The van der Waals surface area contributed by atoms with Crippen LogP contribution in [0.2, 0.25) is 0 Å². The lowest BCUT2D eigenvalue weighted by molar-refractivity contribution is -0.140. The zero-order valence-corrected chi connectivity index (χ0v) is 14.4. The predicted octanol–water partition coefficient (Wildman–Crippen LogP) is 1.48. The summed E-state index contributed by atoms with van der Waals surface area (Å²) in [6, 6.07) is 2.29. The van der Waals surface area contributed by atoms with Gasteiger partial charge in [-0.15, -0.1) is 0 Å². The number of carbonyl (C=O) groups is 1. The molecule has 138 valence electrons. The summed E-state index contributed by atoms with van der Waals surface area (Å²) in [5, 5.41) is 9.16. The zero-order valence-electron chi connectivity index (χ0n) is 13.6. The maximum absolute atomic E-state index is 14.2. The van der Waals surface area contributed by atoms with Crippen LogP contribution in [0.25, 0.3) is 0 Å². The number of carboxylic acids is 1. The highest BCUT2D eigenvalue weighted by Gasteiger charge is 2.39. The summed E-state index contributed by atoms with van der Waals surface area (Å²) < 4.78 is 51.0. The molecule has 0 saturated carbocycles. The van der Waals surface area contributed by atoms with E-state index < -0.39 is 27.9 Å². The number of rotatable bonds is 6. The maximum atomic E-state index is 14.2. The van der Waals surface area contributed by atoms with Gasteiger partial charge in [0.05, 0.1) is 18.1 Å². The molecule has 2 fully saturated rings. The number of carboxylic acid groups (broad SMARTS) is 1. The zero-order chi connectivity index (χ0) is 18.0. The van der Waals surface area contributed by atoms with Gasteiger partial charge < -0.3 is 14.6 Å². The average Bonchev–Trinajstić information content (AvgIpc) is 3.25. The van der Waals surface area contributed by atoms with Crippen molar-refractivity contribution < 1.29 is 32.2 Å². The van der Waals surface area contributed by atoms with E-state index >= 15 is 0 Å². The summed E-state index contributed by atoms with van der Waals surface area (Å²) in [7, 11) is -4.07. The van der Waals surface area contributed by atoms with E-state index in [1.54, 1.807) is 0 Å². The third kappa shape index (κ3) is 3.78. The van der Waals surface area contributed by atoms with E-state index in [9.17, 15) is 17.6 Å². The first-order chi connectivity index (χ1) is 11.9. The van der Waals surface area contributed by atoms with Crippen LogP contribution in [0.3, 0.4) is 0 Å². The summed E-state index contributed by atoms with van der Waals surface area (Å²) in [6.45, 7) is 1.64. The molecule has 0 spiro atoms. The van der Waals surface area contributed by atoms with E-state index in [1.807, 2.05) is 0 Å². The molecule has 0 aliphatic carbocycles. The second-order valence-electron chi connectivity index (χ2n) is 6.24. The van der Waals surface area contributed by atoms with Crippen molar-refractivity contribution in [3.63, 3.8) is 0 Å². The fraction of sp³-hybridized carbons (Fsp3) is 0.562. The molecule has 1 unspecified atom stereocenters. The van der Waals surface area contributed by atoms with Crippen molar-refractivity contribution in [3.05, 3.63) is 24.0 Å². The standard InChI is InChI=1S/C16H20FNO6S/c17-13-8-12(3-4-15(13)24-10-11-5-7-23-9-11)25(21,22)18-6-1-2-14(18)16(19)20/h3-4,8,11,14H,1-2,5-7,9-10H2,(H,19,20)/t11?,14-/m0/s1. The van der Waals surface area contributed by atoms with Crippen LogP contribution in [-0.2, 0) is 19.6 Å². The van der Waals surface area contributed by atoms with Crippen molar-refractivity contribution in [1.29, 1.82) is 0 Å². The number of aliphatic carboxylic acids is 1. The van der Waals surface area contributed by atoms with Crippen LogP contribution in [0.15, 0.2) is 23.1 Å². The van der Waals surface area contributed by atoms with Gasteiger partial charge in [-0.25, -0.2) is 12.8 Å². The predicted molar refractivity (Wildman–Crippen MR) is 85.4 cm³/mol. The Morgan fingerprint density at radius 1 is 1.40 bits per heavy atom. The van der Waals surface area contributed by atoms with Crippen molar-refractivity contribution >= 4 is 16.0 Å². The van der Waals surface area contributed by atoms with Crippen LogP contribution in [0.4, 0.5) is 4.39 Å². The van der Waals surface area contributed by atoms with Crippen molar-refractivity contribution in [2.75, 3.05) is 26.4 Å². The van der Waals surface area contributed by atoms with Crippen molar-refractivity contribution in [2.24, 2.45) is 5.92 Å². The number of nitrogens with zero attached hydrogens (tertiary/aromatic N) is 1. The van der Waals surface area contributed by atoms with Crippen LogP contribution >= 0.6 is 0 Å². The fourth-order valence-electron chi connectivity index (χ4n) is 3.09. The van der Waals surface area contributed by atoms with E-state index in [2.05, 4.69) is 0 Å². The molecule has 2 heterocycles. The number of sulfonamides is 1. The first-order valence-electron chi connectivity index (χ1n) is 8.14. The Balaban J connectivity index is 1.75. The number of ether oxygens (including phenoxy) is 2. The maximum Gasteiger partial charge on any atom is 0.322 e. The lowest BCUT2D eigenvalue weighted by atomic mass is 10.1. The van der Waals surface area contributed by atoms with Crippen molar-refractivity contribution in [1.82, 2.24) is 4.31 Å². The summed E-state index contributed by atoms with van der Waals surface area (Å²) in [5.74, 6) is -1.81. The van der Waals surface area contributed by atoms with Gasteiger partial charge >= 0.3 is 5.97 Å². The minimum atomic E-state index is -4.07. The van der Waals surface area contributed by atoms with Gasteiger partial charge in [-0.3, -0.25) is 4.79 Å². The van der Waals surface area contributed by atoms with Gasteiger partial charge in [-0.05, 0) is 37.5 Å². The van der Waals surface area contributed by atoms with Gasteiger partial charge in [-0.1, -0.05) is 0 Å². The second-order valence-corrected chi connectivity index (χ2v) is 8.14. The third-order valence-corrected chi connectivity index (χ3v) is 6.40. The lowest BCUT2D eigenvalue weighted by Gasteiger charge is -2.21. The monoisotopic (exact) mass is 373 g/mol. The van der Waals surface area contributed by atoms with Crippen LogP contribution in [0.1, 0.15) is 19.3 Å². The quantitative estimate of drug-likeness (QED) is 0.812. The highest BCUT2D eigenvalue weighted by Crippen LogP contribution is 2.29. The Kier molecular flexibility index (Phi) is 5.26. The molecule has 0 aromatic heterocycles. The lowest BCUT2D eigenvalue weighted by Crippen LogP contribution is -2.40. The normalized spacial score (nSPS) is 24.5. The van der Waals surface area contributed by atoms with Crippen LogP contribution in [0, 0.1) is 11.7 Å². The molecule has 3 rings (SSSR count). The van der Waals surface area contributed by atoms with E-state index in [0.29, 0.717) is 26.2 Å². The number of halogens is 1. The third-order valence-electron chi connectivity index (χ3n) is 4.50. The van der Waals surface area contributed by atoms with E-state index in [-0.39, 0.29) is 29.5 Å². The average molecular weight is 373 g/mol. The van der Waals surface area contributed by atoms with E-state index in [4.69, 9.17) is 14.6 Å². The highest BCUT2D eigenvalue weighted by molar-refractivity contribution is 7.89. The molecule has 0 amide bonds. The highest BCUT2D eigenvalue weighted by atomic mass is 32.2. The second kappa shape index (κ2) is 7.27. The van der Waals surface area contributed by atoms with Crippen LogP contribution < -0.4 is 4.74 Å². The molecule has 2 aliphatic heterocycles. The Morgan fingerprint density at radius 2 is 2.20 bits per heavy atom. The van der Waals surface area contributed by atoms with Gasteiger partial charge in [0.25, 0.3) is 0 Å². The molecule has 1 N–H and O–H groups in total. The van der Waals surface area contributed by atoms with Gasteiger partial charge in [0.1, 0.15) is 6.04 Å². The number of hydrogen-bond donors (Lipinski definition) is 1. The summed E-state index contributed by atoms with van der Waals surface area (Å²) in [6.07, 6.45) is 1.56. The molecular weight excluding hydrogens is 353 g/mol. The molecule has 9 heteroatoms. The molecule has 25 heavy (non-hydrogen) atoms. The van der Waals surface area contributed by atoms with Crippen LogP contribution in [-0.4, -0.2) is 56.2 Å². The fourth-order valence-corrected chi connectivity index (χ4v) is 4.75. The Labute approximate surface area is 145 Å². The first-order valence-corrected chi connectivity index (χ1v) is 9.58. The summed E-state index contributed by atoms with van der Waals surface area (Å²) in [5.41, 5.74) is 0. The SMILES string of the molecule is O=C(O)[C@@H]1CCCN1S(=O)(=O)c1ccc(OCC2CCOC2)c(F)c1. The minimum absolute atomic E-state index is 0.0259. The number of hydrogen-bond acceptors (Lipinski definition) is 5. The van der Waals surface area contributed by atoms with Crippen molar-refractivity contribution in [2.45, 2.75) is 30.2 Å². The molecule has 0 bridgehead atoms. The molecular formula is C16H20FNO6S. The molecule has 2 atom stereocenters. The topological polar surface area (TPSA) is 93.1 Å². The molecule has 2 aliphatic rings. The summed E-state index contributed by atoms with van der Waals surface area (Å²) in [4.78, 5) is 10.9. The molecule has 1 aromatic rings. The first kappa shape index (κ1) is 18.1. The molecule has 7 nitrogen and oxygen atoms in total. The van der Waals surface area contributed by atoms with Crippen molar-refractivity contribution in [3.8, 4) is 5.75 Å². The van der Waals surface area contributed by atoms with Gasteiger partial charge in [0.15, 0.2) is 11.6 Å². The van der Waals surface area contributed by atoms with Gasteiger partial charge in [0, 0.05) is 19.1 Å². The van der Waals surface area contributed by atoms with Gasteiger partial charge in [0.2, 0.25) is 10.0 Å². The number of benzene rings is 1.